The third kappa shape index (κ3) is 2.24. The first kappa shape index (κ1) is 10.7. The Balaban J connectivity index is 2.10. The number of unbranched alkanes of at least 4 members (excludes halogenated alkanes) is 1. The maximum atomic E-state index is 11.7. The lowest BCUT2D eigenvalue weighted by molar-refractivity contribution is 0.0500. The summed E-state index contributed by atoms with van der Waals surface area (Å²) in [6, 6.07) is 7.47. The number of esters is 1. The van der Waals surface area contributed by atoms with E-state index in [4.69, 9.17) is 4.74 Å². The van der Waals surface area contributed by atoms with Crippen molar-refractivity contribution >= 4 is 16.9 Å². The molecule has 0 saturated carbocycles. The molecule has 1 aromatic carbocycles. The number of hydrogen-bond acceptors (Lipinski definition) is 2. The van der Waals surface area contributed by atoms with Gasteiger partial charge < -0.3 is 9.72 Å². The molecule has 0 spiro atoms. The fourth-order valence-electron chi connectivity index (χ4n) is 1.57. The number of hydrogen-bond donors (Lipinski definition) is 1. The van der Waals surface area contributed by atoms with Gasteiger partial charge in [0.25, 0.3) is 0 Å². The first-order chi connectivity index (χ1) is 7.81. The van der Waals surface area contributed by atoms with Crippen molar-refractivity contribution in [2.75, 3.05) is 6.61 Å². The van der Waals surface area contributed by atoms with Gasteiger partial charge in [0.15, 0.2) is 0 Å². The predicted molar refractivity (Wildman–Crippen MR) is 63.5 cm³/mol. The number of ether oxygens (including phenoxy) is 1. The Morgan fingerprint density at radius 3 is 3.06 bits per heavy atom. The predicted octanol–water partition coefficient (Wildman–Crippen LogP) is 3.12. The fraction of sp³-hybridized carbons (Fsp3) is 0.308. The lowest BCUT2D eigenvalue weighted by Crippen LogP contribution is -2.05. The lowest BCUT2D eigenvalue weighted by Gasteiger charge is -2.03. The Hall–Kier alpha value is -1.77. The van der Waals surface area contributed by atoms with Crippen LogP contribution < -0.4 is 0 Å². The highest BCUT2D eigenvalue weighted by atomic mass is 16.5. The van der Waals surface area contributed by atoms with E-state index >= 15 is 0 Å². The molecule has 0 aliphatic carbocycles. The summed E-state index contributed by atoms with van der Waals surface area (Å²) >= 11 is 0. The standard InChI is InChI=1S/C13H15NO2/c1-2-3-8-16-13(15)11-4-5-12-10(9-11)6-7-14-12/h4-7,9,14H,2-3,8H2,1H3. The molecule has 0 aliphatic rings. The summed E-state index contributed by atoms with van der Waals surface area (Å²) in [7, 11) is 0. The van der Waals surface area contributed by atoms with Gasteiger partial charge >= 0.3 is 5.97 Å². The Kier molecular flexibility index (Phi) is 3.25. The first-order valence-electron chi connectivity index (χ1n) is 5.55. The molecule has 0 saturated heterocycles. The molecule has 1 N–H and O–H groups in total. The smallest absolute Gasteiger partial charge is 0.338 e. The van der Waals surface area contributed by atoms with Crippen LogP contribution in [0.1, 0.15) is 30.1 Å². The number of aromatic nitrogens is 1. The van der Waals surface area contributed by atoms with Crippen LogP contribution in [0.2, 0.25) is 0 Å². The lowest BCUT2D eigenvalue weighted by atomic mass is 10.1. The molecular formula is C13H15NO2. The van der Waals surface area contributed by atoms with Crippen molar-refractivity contribution in [2.45, 2.75) is 19.8 Å². The molecule has 1 aromatic heterocycles. The van der Waals surface area contributed by atoms with Gasteiger partial charge in [0.1, 0.15) is 0 Å². The highest BCUT2D eigenvalue weighted by Gasteiger charge is 2.07. The largest absolute Gasteiger partial charge is 0.462 e. The fourth-order valence-corrected chi connectivity index (χ4v) is 1.57. The van der Waals surface area contributed by atoms with E-state index < -0.39 is 0 Å². The molecule has 0 atom stereocenters. The number of aromatic amines is 1. The second-order valence-electron chi connectivity index (χ2n) is 3.77. The van der Waals surface area contributed by atoms with Gasteiger partial charge in [-0.1, -0.05) is 13.3 Å². The summed E-state index contributed by atoms with van der Waals surface area (Å²) in [6.07, 6.45) is 3.80. The van der Waals surface area contributed by atoms with Crippen LogP contribution in [-0.2, 0) is 4.74 Å². The average Bonchev–Trinajstić information content (AvgIpc) is 2.76. The molecule has 16 heavy (non-hydrogen) atoms. The zero-order valence-corrected chi connectivity index (χ0v) is 9.32. The molecule has 0 unspecified atom stereocenters. The number of H-pyrrole nitrogens is 1. The quantitative estimate of drug-likeness (QED) is 0.631. The molecule has 84 valence electrons. The van der Waals surface area contributed by atoms with Crippen molar-refractivity contribution in [1.82, 2.24) is 4.98 Å². The van der Waals surface area contributed by atoms with Gasteiger partial charge in [-0.15, -0.1) is 0 Å². The van der Waals surface area contributed by atoms with E-state index in [0.29, 0.717) is 12.2 Å². The van der Waals surface area contributed by atoms with Gasteiger partial charge in [0, 0.05) is 17.1 Å². The van der Waals surface area contributed by atoms with Crippen LogP contribution in [0.3, 0.4) is 0 Å². The summed E-state index contributed by atoms with van der Waals surface area (Å²) in [6.45, 7) is 2.57. The van der Waals surface area contributed by atoms with E-state index in [1.807, 2.05) is 24.4 Å². The Bertz CT molecular complexity index is 487. The van der Waals surface area contributed by atoms with Crippen LogP contribution in [-0.4, -0.2) is 17.6 Å². The van der Waals surface area contributed by atoms with Gasteiger partial charge in [-0.05, 0) is 30.7 Å². The summed E-state index contributed by atoms with van der Waals surface area (Å²) < 4.78 is 5.14. The van der Waals surface area contributed by atoms with E-state index in [9.17, 15) is 4.79 Å². The maximum absolute atomic E-state index is 11.7. The van der Waals surface area contributed by atoms with Crippen LogP contribution in [0.4, 0.5) is 0 Å². The second kappa shape index (κ2) is 4.84. The number of carbonyl (C=O) groups is 1. The molecule has 1 heterocycles. The average molecular weight is 217 g/mol. The van der Waals surface area contributed by atoms with Crippen molar-refractivity contribution in [3.63, 3.8) is 0 Å². The van der Waals surface area contributed by atoms with Crippen molar-refractivity contribution in [1.29, 1.82) is 0 Å². The van der Waals surface area contributed by atoms with Crippen molar-refractivity contribution in [3.05, 3.63) is 36.0 Å². The minimum atomic E-state index is -0.239. The van der Waals surface area contributed by atoms with Crippen LogP contribution in [0.5, 0.6) is 0 Å². The molecular weight excluding hydrogens is 202 g/mol. The van der Waals surface area contributed by atoms with Crippen LogP contribution in [0.25, 0.3) is 10.9 Å². The number of benzene rings is 1. The number of fused-ring (bicyclic) bond motifs is 1. The van der Waals surface area contributed by atoms with Crippen LogP contribution in [0.15, 0.2) is 30.5 Å². The summed E-state index contributed by atoms with van der Waals surface area (Å²) in [5.74, 6) is -0.239. The molecule has 0 fully saturated rings. The van der Waals surface area contributed by atoms with Crippen LogP contribution >= 0.6 is 0 Å². The highest BCUT2D eigenvalue weighted by Crippen LogP contribution is 2.15. The highest BCUT2D eigenvalue weighted by molar-refractivity contribution is 5.94. The minimum absolute atomic E-state index is 0.239. The van der Waals surface area contributed by atoms with Gasteiger partial charge in [-0.25, -0.2) is 4.79 Å². The molecule has 0 radical (unpaired) electrons. The SMILES string of the molecule is CCCCOC(=O)c1ccc2[nH]ccc2c1. The van der Waals surface area contributed by atoms with Gasteiger partial charge in [0.05, 0.1) is 12.2 Å². The third-order valence-electron chi connectivity index (χ3n) is 2.52. The molecule has 0 bridgehead atoms. The topological polar surface area (TPSA) is 42.1 Å². The van der Waals surface area contributed by atoms with Crippen molar-refractivity contribution < 1.29 is 9.53 Å². The Morgan fingerprint density at radius 1 is 1.38 bits per heavy atom. The molecule has 2 rings (SSSR count). The summed E-state index contributed by atoms with van der Waals surface area (Å²) in [4.78, 5) is 14.7. The monoisotopic (exact) mass is 217 g/mol. The molecule has 3 heteroatoms. The molecule has 0 aliphatic heterocycles. The zero-order valence-electron chi connectivity index (χ0n) is 9.32. The zero-order chi connectivity index (χ0) is 11.4. The summed E-state index contributed by atoms with van der Waals surface area (Å²) in [5.41, 5.74) is 1.65. The van der Waals surface area contributed by atoms with Crippen molar-refractivity contribution in [2.24, 2.45) is 0 Å². The number of carbonyl (C=O) groups excluding carboxylic acids is 1. The molecule has 3 nitrogen and oxygen atoms in total. The molecule has 0 amide bonds. The van der Waals surface area contributed by atoms with E-state index in [1.165, 1.54) is 0 Å². The second-order valence-corrected chi connectivity index (χ2v) is 3.77. The van der Waals surface area contributed by atoms with Crippen LogP contribution in [0, 0.1) is 0 Å². The number of rotatable bonds is 4. The minimum Gasteiger partial charge on any atom is -0.462 e. The third-order valence-corrected chi connectivity index (χ3v) is 2.52. The van der Waals surface area contributed by atoms with E-state index in [0.717, 1.165) is 23.7 Å². The maximum Gasteiger partial charge on any atom is 0.338 e. The van der Waals surface area contributed by atoms with E-state index in [1.54, 1.807) is 6.07 Å². The molecule has 2 aromatic rings. The van der Waals surface area contributed by atoms with Gasteiger partial charge in [0.2, 0.25) is 0 Å². The van der Waals surface area contributed by atoms with E-state index in [-0.39, 0.29) is 5.97 Å². The van der Waals surface area contributed by atoms with Gasteiger partial charge in [-0.3, -0.25) is 0 Å². The van der Waals surface area contributed by atoms with E-state index in [2.05, 4.69) is 11.9 Å². The normalized spacial score (nSPS) is 10.6. The van der Waals surface area contributed by atoms with Gasteiger partial charge in [-0.2, -0.15) is 0 Å². The number of nitrogens with one attached hydrogen (secondary N) is 1. The Morgan fingerprint density at radius 2 is 2.25 bits per heavy atom. The Labute approximate surface area is 94.4 Å². The van der Waals surface area contributed by atoms with Crippen molar-refractivity contribution in [3.8, 4) is 0 Å². The first-order valence-corrected chi connectivity index (χ1v) is 5.55. The summed E-state index contributed by atoms with van der Waals surface area (Å²) in [5, 5.41) is 1.03.